The maximum Gasteiger partial charge on any atom is 0.0317 e. The molecule has 3 heteroatoms. The second-order valence-corrected chi connectivity index (χ2v) is 7.44. The topological polar surface area (TPSA) is 0 Å². The van der Waals surface area contributed by atoms with E-state index < -0.39 is 0 Å². The summed E-state index contributed by atoms with van der Waals surface area (Å²) in [4.78, 5) is 2.75. The monoisotopic (exact) mass is 376 g/mol. The minimum absolute atomic E-state index is 0.810. The molecule has 0 radical (unpaired) electrons. The van der Waals surface area contributed by atoms with Crippen LogP contribution in [-0.4, -0.2) is 5.33 Å². The van der Waals surface area contributed by atoms with Crippen molar-refractivity contribution in [3.63, 3.8) is 0 Å². The van der Waals surface area contributed by atoms with Crippen LogP contribution < -0.4 is 0 Å². The van der Waals surface area contributed by atoms with Crippen LogP contribution in [0.15, 0.2) is 16.1 Å². The molecule has 0 unspecified atom stereocenters. The summed E-state index contributed by atoms with van der Waals surface area (Å²) < 4.78 is 1.24. The highest BCUT2D eigenvalue weighted by atomic mass is 79.9. The molecule has 0 spiro atoms. The fraction of sp³-hybridized carbons (Fsp3) is 0.571. The Balaban J connectivity index is 2.16. The summed E-state index contributed by atoms with van der Waals surface area (Å²) in [7, 11) is 0. The second kappa shape index (κ2) is 6.53. The molecule has 0 aromatic carbocycles. The second-order valence-electron chi connectivity index (χ2n) is 4.74. The molecular formula is C14H18Br2S. The minimum Gasteiger partial charge on any atom is -0.140 e. The van der Waals surface area contributed by atoms with Crippen molar-refractivity contribution in [1.82, 2.24) is 0 Å². The van der Waals surface area contributed by atoms with Gasteiger partial charge in [-0.3, -0.25) is 0 Å². The van der Waals surface area contributed by atoms with Gasteiger partial charge >= 0.3 is 0 Å². The molecule has 1 aliphatic carbocycles. The number of thiophene rings is 1. The van der Waals surface area contributed by atoms with E-state index in [1.165, 1.54) is 46.3 Å². The maximum atomic E-state index is 3.66. The van der Waals surface area contributed by atoms with Gasteiger partial charge in [0.25, 0.3) is 0 Å². The van der Waals surface area contributed by atoms with E-state index in [1.54, 1.807) is 5.57 Å². The van der Waals surface area contributed by atoms with E-state index in [1.807, 2.05) is 11.3 Å². The van der Waals surface area contributed by atoms with Gasteiger partial charge in [-0.1, -0.05) is 40.8 Å². The Morgan fingerprint density at radius 1 is 1.41 bits per heavy atom. The molecule has 0 bridgehead atoms. The van der Waals surface area contributed by atoms with E-state index in [0.717, 1.165) is 11.2 Å². The Hall–Kier alpha value is 0.400. The van der Waals surface area contributed by atoms with Crippen molar-refractivity contribution in [3.05, 3.63) is 25.9 Å². The Labute approximate surface area is 125 Å². The molecule has 0 saturated heterocycles. The average Bonchev–Trinajstić information content (AvgIpc) is 2.67. The number of hydrogen-bond donors (Lipinski definition) is 0. The zero-order chi connectivity index (χ0) is 12.3. The molecule has 1 heterocycles. The van der Waals surface area contributed by atoms with Gasteiger partial charge in [0.2, 0.25) is 0 Å². The van der Waals surface area contributed by atoms with Gasteiger partial charge in [0.05, 0.1) is 0 Å². The summed E-state index contributed by atoms with van der Waals surface area (Å²) in [6, 6.07) is 2.24. The van der Waals surface area contributed by atoms with E-state index in [9.17, 15) is 0 Å². The molecule has 0 amide bonds. The normalized spacial score (nSPS) is 18.6. The van der Waals surface area contributed by atoms with E-state index in [2.05, 4.69) is 50.9 Å². The first-order chi connectivity index (χ1) is 8.20. The van der Waals surface area contributed by atoms with Gasteiger partial charge < -0.3 is 0 Å². The molecule has 2 rings (SSSR count). The van der Waals surface area contributed by atoms with Crippen LogP contribution in [0.25, 0.3) is 6.08 Å². The van der Waals surface area contributed by atoms with Crippen LogP contribution in [0.3, 0.4) is 0 Å². The van der Waals surface area contributed by atoms with Crippen molar-refractivity contribution in [3.8, 4) is 0 Å². The number of alkyl halides is 1. The van der Waals surface area contributed by atoms with Crippen molar-refractivity contribution in [2.45, 2.75) is 39.0 Å². The van der Waals surface area contributed by atoms with Crippen LogP contribution in [0.5, 0.6) is 0 Å². The molecule has 94 valence electrons. The van der Waals surface area contributed by atoms with Crippen molar-refractivity contribution in [1.29, 1.82) is 0 Å². The van der Waals surface area contributed by atoms with Crippen LogP contribution in [0.1, 0.15) is 41.9 Å². The fourth-order valence-corrected chi connectivity index (χ4v) is 4.63. The van der Waals surface area contributed by atoms with Crippen molar-refractivity contribution >= 4 is 49.3 Å². The van der Waals surface area contributed by atoms with Crippen LogP contribution in [-0.2, 0) is 0 Å². The van der Waals surface area contributed by atoms with Gasteiger partial charge in [0, 0.05) is 19.6 Å². The van der Waals surface area contributed by atoms with E-state index >= 15 is 0 Å². The van der Waals surface area contributed by atoms with E-state index in [4.69, 9.17) is 0 Å². The zero-order valence-electron chi connectivity index (χ0n) is 10.1. The molecule has 0 nitrogen and oxygen atoms in total. The standard InChI is InChI=1S/C14H18Br2S/c1-10-14(16)8-13(17-10)7-12(9-15)11-5-3-2-4-6-11/h7-8,11H,2-6,9H2,1H3/b12-7-. The molecule has 0 atom stereocenters. The van der Waals surface area contributed by atoms with Crippen LogP contribution in [0, 0.1) is 12.8 Å². The summed E-state index contributed by atoms with van der Waals surface area (Å²) in [6.45, 7) is 2.17. The lowest BCUT2D eigenvalue weighted by molar-refractivity contribution is 0.406. The van der Waals surface area contributed by atoms with Gasteiger partial charge in [-0.2, -0.15) is 0 Å². The summed E-state index contributed by atoms with van der Waals surface area (Å²) in [5.74, 6) is 0.810. The third kappa shape index (κ3) is 3.68. The minimum atomic E-state index is 0.810. The average molecular weight is 378 g/mol. The third-order valence-electron chi connectivity index (χ3n) is 3.49. The zero-order valence-corrected chi connectivity index (χ0v) is 14.1. The van der Waals surface area contributed by atoms with Crippen molar-refractivity contribution < 1.29 is 0 Å². The molecule has 1 fully saturated rings. The highest BCUT2D eigenvalue weighted by Gasteiger charge is 2.17. The summed E-state index contributed by atoms with van der Waals surface area (Å²) in [6.07, 6.45) is 9.39. The molecule has 0 aliphatic heterocycles. The van der Waals surface area contributed by atoms with Crippen LogP contribution in [0.2, 0.25) is 0 Å². The van der Waals surface area contributed by atoms with E-state index in [-0.39, 0.29) is 0 Å². The fourth-order valence-electron chi connectivity index (χ4n) is 2.47. The summed E-state index contributed by atoms with van der Waals surface area (Å²) >= 11 is 9.13. The molecular weight excluding hydrogens is 360 g/mol. The van der Waals surface area contributed by atoms with Crippen molar-refractivity contribution in [2.75, 3.05) is 5.33 Å². The molecule has 17 heavy (non-hydrogen) atoms. The maximum absolute atomic E-state index is 3.66. The summed E-state index contributed by atoms with van der Waals surface area (Å²) in [5, 5.41) is 1.02. The molecule has 0 N–H and O–H groups in total. The first kappa shape index (κ1) is 13.8. The molecule has 1 aromatic heterocycles. The predicted octanol–water partition coefficient (Wildman–Crippen LogP) is 6.18. The highest BCUT2D eigenvalue weighted by Crippen LogP contribution is 2.34. The number of allylic oxidation sites excluding steroid dienone is 1. The molecule has 1 aromatic rings. The Morgan fingerprint density at radius 2 is 2.12 bits per heavy atom. The van der Waals surface area contributed by atoms with Gasteiger partial charge in [-0.25, -0.2) is 0 Å². The van der Waals surface area contributed by atoms with Gasteiger partial charge in [0.1, 0.15) is 0 Å². The van der Waals surface area contributed by atoms with E-state index in [0.29, 0.717) is 0 Å². The first-order valence-corrected chi connectivity index (χ1v) is 8.96. The van der Waals surface area contributed by atoms with Crippen molar-refractivity contribution in [2.24, 2.45) is 5.92 Å². The van der Waals surface area contributed by atoms with Crippen LogP contribution >= 0.6 is 43.2 Å². The quantitative estimate of drug-likeness (QED) is 0.551. The number of hydrogen-bond acceptors (Lipinski definition) is 1. The lowest BCUT2D eigenvalue weighted by Gasteiger charge is -2.23. The largest absolute Gasteiger partial charge is 0.140 e. The smallest absolute Gasteiger partial charge is 0.0317 e. The SMILES string of the molecule is Cc1sc(/C=C(/CBr)C2CCCCC2)cc1Br. The number of rotatable bonds is 3. The summed E-state index contributed by atoms with van der Waals surface area (Å²) in [5.41, 5.74) is 1.58. The third-order valence-corrected chi connectivity index (χ3v) is 6.22. The number of aryl methyl sites for hydroxylation is 1. The highest BCUT2D eigenvalue weighted by molar-refractivity contribution is 9.10. The Kier molecular flexibility index (Phi) is 5.31. The van der Waals surface area contributed by atoms with Gasteiger partial charge in [0.15, 0.2) is 0 Å². The number of halogens is 2. The molecule has 1 aliphatic rings. The van der Waals surface area contributed by atoms with Gasteiger partial charge in [-0.15, -0.1) is 11.3 Å². The predicted molar refractivity (Wildman–Crippen MR) is 85.1 cm³/mol. The first-order valence-electron chi connectivity index (χ1n) is 6.23. The lowest BCUT2D eigenvalue weighted by atomic mass is 9.84. The van der Waals surface area contributed by atoms with Crippen LogP contribution in [0.4, 0.5) is 0 Å². The molecule has 1 saturated carbocycles. The Bertz CT molecular complexity index is 381. The lowest BCUT2D eigenvalue weighted by Crippen LogP contribution is -2.09. The Morgan fingerprint density at radius 3 is 2.65 bits per heavy atom. The van der Waals surface area contributed by atoms with Gasteiger partial charge in [-0.05, 0) is 53.8 Å².